The molecule has 0 amide bonds. The third-order valence-electron chi connectivity index (χ3n) is 2.60. The van der Waals surface area contributed by atoms with Crippen molar-refractivity contribution in [3.8, 4) is 11.5 Å². The minimum Gasteiger partial charge on any atom is -0.493 e. The van der Waals surface area contributed by atoms with Crippen molar-refractivity contribution in [2.45, 2.75) is 27.2 Å². The summed E-state index contributed by atoms with van der Waals surface area (Å²) in [5, 5.41) is 18.3. The molecule has 1 aromatic rings. The van der Waals surface area contributed by atoms with Crippen LogP contribution in [0.5, 0.6) is 11.5 Å². The zero-order chi connectivity index (χ0) is 13.8. The Kier molecular flexibility index (Phi) is 5.05. The highest BCUT2D eigenvalue weighted by atomic mass is 16.5. The number of benzene rings is 1. The highest BCUT2D eigenvalue weighted by Crippen LogP contribution is 2.26. The second kappa shape index (κ2) is 6.11. The molecule has 0 saturated heterocycles. The first kappa shape index (κ1) is 14.9. The van der Waals surface area contributed by atoms with Gasteiger partial charge in [-0.2, -0.15) is 0 Å². The van der Waals surface area contributed by atoms with Gasteiger partial charge in [-0.3, -0.25) is 0 Å². The molecule has 0 saturated carbocycles. The van der Waals surface area contributed by atoms with E-state index in [-0.39, 0.29) is 5.41 Å². The molecule has 2 N–H and O–H groups in total. The van der Waals surface area contributed by atoms with Crippen molar-refractivity contribution < 1.29 is 19.5 Å². The van der Waals surface area contributed by atoms with Gasteiger partial charge in [0.05, 0.1) is 13.7 Å². The van der Waals surface area contributed by atoms with E-state index in [0.717, 1.165) is 6.42 Å². The second-order valence-electron chi connectivity index (χ2n) is 5.44. The molecule has 0 unspecified atom stereocenters. The highest BCUT2D eigenvalue weighted by molar-refractivity contribution is 6.58. The van der Waals surface area contributed by atoms with E-state index < -0.39 is 7.12 Å². The molecule has 5 heteroatoms. The molecular weight excluding hydrogens is 231 g/mol. The van der Waals surface area contributed by atoms with Crippen molar-refractivity contribution in [2.75, 3.05) is 13.7 Å². The second-order valence-corrected chi connectivity index (χ2v) is 5.44. The Morgan fingerprint density at radius 3 is 2.33 bits per heavy atom. The lowest BCUT2D eigenvalue weighted by Crippen LogP contribution is -2.29. The first-order valence-corrected chi connectivity index (χ1v) is 6.00. The fourth-order valence-corrected chi connectivity index (χ4v) is 1.43. The van der Waals surface area contributed by atoms with Crippen molar-refractivity contribution in [3.05, 3.63) is 18.2 Å². The van der Waals surface area contributed by atoms with Gasteiger partial charge in [0.1, 0.15) is 0 Å². The lowest BCUT2D eigenvalue weighted by molar-refractivity contribution is 0.234. The summed E-state index contributed by atoms with van der Waals surface area (Å²) in [6.45, 7) is 6.98. The SMILES string of the molecule is COc1ccc(B(O)O)cc1OCCC(C)(C)C. The van der Waals surface area contributed by atoms with Crippen molar-refractivity contribution in [2.24, 2.45) is 5.41 Å². The van der Waals surface area contributed by atoms with Gasteiger partial charge < -0.3 is 19.5 Å². The Morgan fingerprint density at radius 2 is 1.83 bits per heavy atom. The Balaban J connectivity index is 2.75. The van der Waals surface area contributed by atoms with Crippen LogP contribution in [-0.4, -0.2) is 30.9 Å². The van der Waals surface area contributed by atoms with E-state index in [1.165, 1.54) is 0 Å². The predicted molar refractivity (Wildman–Crippen MR) is 72.4 cm³/mol. The van der Waals surface area contributed by atoms with Crippen LogP contribution in [0.2, 0.25) is 0 Å². The summed E-state index contributed by atoms with van der Waals surface area (Å²) >= 11 is 0. The molecule has 0 aliphatic carbocycles. The summed E-state index contributed by atoms with van der Waals surface area (Å²) in [5.74, 6) is 1.13. The van der Waals surface area contributed by atoms with Gasteiger partial charge in [0, 0.05) is 0 Å². The zero-order valence-electron chi connectivity index (χ0n) is 11.4. The molecular formula is C13H21BO4. The maximum atomic E-state index is 9.13. The number of rotatable bonds is 5. The van der Waals surface area contributed by atoms with Crippen LogP contribution in [0.15, 0.2) is 18.2 Å². The fourth-order valence-electron chi connectivity index (χ4n) is 1.43. The molecule has 0 aliphatic rings. The van der Waals surface area contributed by atoms with E-state index in [0.29, 0.717) is 23.6 Å². The average Bonchev–Trinajstić information content (AvgIpc) is 2.27. The van der Waals surface area contributed by atoms with Gasteiger partial charge in [0.25, 0.3) is 0 Å². The number of hydrogen-bond acceptors (Lipinski definition) is 4. The van der Waals surface area contributed by atoms with Gasteiger partial charge in [0.15, 0.2) is 11.5 Å². The molecule has 0 aliphatic heterocycles. The first-order valence-electron chi connectivity index (χ1n) is 6.00. The summed E-state index contributed by atoms with van der Waals surface area (Å²) in [6, 6.07) is 4.85. The van der Waals surface area contributed by atoms with Crippen molar-refractivity contribution in [1.29, 1.82) is 0 Å². The van der Waals surface area contributed by atoms with Gasteiger partial charge in [-0.25, -0.2) is 0 Å². The third-order valence-corrected chi connectivity index (χ3v) is 2.60. The van der Waals surface area contributed by atoms with Crippen molar-refractivity contribution in [3.63, 3.8) is 0 Å². The summed E-state index contributed by atoms with van der Waals surface area (Å²) in [6.07, 6.45) is 0.905. The molecule has 0 bridgehead atoms. The van der Waals surface area contributed by atoms with Crippen LogP contribution in [0.4, 0.5) is 0 Å². The number of ether oxygens (including phenoxy) is 2. The van der Waals surface area contributed by atoms with Crippen LogP contribution in [0, 0.1) is 5.41 Å². The number of hydrogen-bond donors (Lipinski definition) is 2. The zero-order valence-corrected chi connectivity index (χ0v) is 11.4. The molecule has 100 valence electrons. The molecule has 18 heavy (non-hydrogen) atoms. The normalized spacial score (nSPS) is 11.2. The third kappa shape index (κ3) is 4.59. The summed E-state index contributed by atoms with van der Waals surface area (Å²) in [7, 11) is 0.0574. The first-order chi connectivity index (χ1) is 8.33. The lowest BCUT2D eigenvalue weighted by Gasteiger charge is -2.19. The van der Waals surface area contributed by atoms with Crippen LogP contribution in [0.3, 0.4) is 0 Å². The van der Waals surface area contributed by atoms with E-state index in [1.807, 2.05) is 0 Å². The summed E-state index contributed by atoms with van der Waals surface area (Å²) in [5.41, 5.74) is 0.586. The van der Waals surface area contributed by atoms with Crippen LogP contribution >= 0.6 is 0 Å². The maximum absolute atomic E-state index is 9.13. The fraction of sp³-hybridized carbons (Fsp3) is 0.538. The molecule has 0 spiro atoms. The van der Waals surface area contributed by atoms with Gasteiger partial charge in [-0.15, -0.1) is 0 Å². The van der Waals surface area contributed by atoms with Crippen LogP contribution in [0.1, 0.15) is 27.2 Å². The van der Waals surface area contributed by atoms with Crippen LogP contribution < -0.4 is 14.9 Å². The maximum Gasteiger partial charge on any atom is 0.488 e. The molecule has 1 rings (SSSR count). The minimum atomic E-state index is -1.50. The van der Waals surface area contributed by atoms with E-state index in [9.17, 15) is 0 Å². The molecule has 4 nitrogen and oxygen atoms in total. The minimum absolute atomic E-state index is 0.196. The smallest absolute Gasteiger partial charge is 0.488 e. The molecule has 1 aromatic carbocycles. The van der Waals surface area contributed by atoms with Crippen LogP contribution in [0.25, 0.3) is 0 Å². The predicted octanol–water partition coefficient (Wildman–Crippen LogP) is 1.19. The molecule has 0 aromatic heterocycles. The largest absolute Gasteiger partial charge is 0.493 e. The monoisotopic (exact) mass is 252 g/mol. The van der Waals surface area contributed by atoms with E-state index >= 15 is 0 Å². The molecule has 0 atom stereocenters. The van der Waals surface area contributed by atoms with Gasteiger partial charge >= 0.3 is 7.12 Å². The standard InChI is InChI=1S/C13H21BO4/c1-13(2,3)7-8-18-12-9-10(14(15)16)5-6-11(12)17-4/h5-6,9,15-16H,7-8H2,1-4H3. The molecule has 0 fully saturated rings. The van der Waals surface area contributed by atoms with E-state index in [2.05, 4.69) is 20.8 Å². The van der Waals surface area contributed by atoms with E-state index in [1.54, 1.807) is 25.3 Å². The lowest BCUT2D eigenvalue weighted by atomic mass is 9.80. The summed E-state index contributed by atoms with van der Waals surface area (Å²) in [4.78, 5) is 0. The van der Waals surface area contributed by atoms with E-state index in [4.69, 9.17) is 19.5 Å². The Hall–Kier alpha value is -1.20. The average molecular weight is 252 g/mol. The Labute approximate surface area is 109 Å². The highest BCUT2D eigenvalue weighted by Gasteiger charge is 2.15. The molecule has 0 radical (unpaired) electrons. The van der Waals surface area contributed by atoms with Gasteiger partial charge in [0.2, 0.25) is 0 Å². The van der Waals surface area contributed by atoms with Crippen molar-refractivity contribution >= 4 is 12.6 Å². The topological polar surface area (TPSA) is 58.9 Å². The summed E-state index contributed by atoms with van der Waals surface area (Å²) < 4.78 is 10.8. The van der Waals surface area contributed by atoms with Crippen molar-refractivity contribution in [1.82, 2.24) is 0 Å². The quantitative estimate of drug-likeness (QED) is 0.773. The molecule has 0 heterocycles. The van der Waals surface area contributed by atoms with Crippen LogP contribution in [-0.2, 0) is 0 Å². The van der Waals surface area contributed by atoms with Gasteiger partial charge in [-0.05, 0) is 29.4 Å². The Morgan fingerprint density at radius 1 is 1.17 bits per heavy atom. The van der Waals surface area contributed by atoms with Gasteiger partial charge in [-0.1, -0.05) is 26.8 Å². The Bertz CT molecular complexity index is 385. The number of methoxy groups -OCH3 is 1.